The van der Waals surface area contributed by atoms with Gasteiger partial charge in [0.15, 0.2) is 4.34 Å². The largest absolute Gasteiger partial charge is 0.369 e. The number of aromatic nitrogens is 1. The van der Waals surface area contributed by atoms with Crippen molar-refractivity contribution in [3.8, 4) is 0 Å². The number of thiazole rings is 1. The Kier molecular flexibility index (Phi) is 5.86. The summed E-state index contributed by atoms with van der Waals surface area (Å²) in [5.74, 6) is 0.0900. The smallest absolute Gasteiger partial charge is 0.233 e. The fourth-order valence-electron chi connectivity index (χ4n) is 3.33. The predicted molar refractivity (Wildman–Crippen MR) is 116 cm³/mol. The van der Waals surface area contributed by atoms with Crippen molar-refractivity contribution in [1.29, 1.82) is 0 Å². The lowest BCUT2D eigenvalue weighted by Gasteiger charge is -2.35. The van der Waals surface area contributed by atoms with Crippen LogP contribution >= 0.6 is 45.8 Å². The molecule has 2 N–H and O–H groups in total. The molecule has 0 fully saturated rings. The van der Waals surface area contributed by atoms with E-state index in [0.29, 0.717) is 5.75 Å². The molecule has 1 aliphatic heterocycles. The molecular weight excluding hydrogens is 430 g/mol. The van der Waals surface area contributed by atoms with Gasteiger partial charge in [0.1, 0.15) is 0 Å². The molecule has 28 heavy (non-hydrogen) atoms. The molecule has 0 spiro atoms. The van der Waals surface area contributed by atoms with Crippen molar-refractivity contribution < 1.29 is 9.59 Å². The minimum Gasteiger partial charge on any atom is -0.369 e. The highest BCUT2D eigenvalue weighted by Crippen LogP contribution is 2.40. The van der Waals surface area contributed by atoms with Crippen molar-refractivity contribution in [1.82, 2.24) is 9.88 Å². The van der Waals surface area contributed by atoms with Crippen LogP contribution in [0.5, 0.6) is 0 Å². The molecule has 0 unspecified atom stereocenters. The standard InChI is InChI=1S/C19H19N3O2S4/c1-11-15(9-16(20)23)28-19(21-11)27-10-17(24)22-6-4-13-12(5-8-26-13)18(22)14-3-2-7-25-14/h2-3,5,7-8,18H,4,6,9-10H2,1H3,(H2,20,23)/t18-/m0/s1. The number of thiophene rings is 2. The van der Waals surface area contributed by atoms with E-state index < -0.39 is 0 Å². The first kappa shape index (κ1) is 19.6. The number of hydrogen-bond donors (Lipinski definition) is 1. The molecule has 0 saturated heterocycles. The van der Waals surface area contributed by atoms with Gasteiger partial charge in [-0.3, -0.25) is 9.59 Å². The molecule has 1 atom stereocenters. The highest BCUT2D eigenvalue weighted by atomic mass is 32.2. The summed E-state index contributed by atoms with van der Waals surface area (Å²) in [6.45, 7) is 2.61. The minimum atomic E-state index is -0.363. The SMILES string of the molecule is Cc1nc(SCC(=O)N2CCc3sccc3[C@H]2c2cccs2)sc1CC(N)=O. The molecule has 3 aromatic rings. The summed E-state index contributed by atoms with van der Waals surface area (Å²) in [4.78, 5) is 34.2. The first-order chi connectivity index (χ1) is 13.5. The first-order valence-corrected chi connectivity index (χ1v) is 12.4. The number of fused-ring (bicyclic) bond motifs is 1. The van der Waals surface area contributed by atoms with E-state index in [1.165, 1.54) is 38.4 Å². The maximum absolute atomic E-state index is 13.1. The van der Waals surface area contributed by atoms with E-state index in [1.54, 1.807) is 22.7 Å². The van der Waals surface area contributed by atoms with Gasteiger partial charge >= 0.3 is 0 Å². The van der Waals surface area contributed by atoms with Crippen LogP contribution in [0.25, 0.3) is 0 Å². The van der Waals surface area contributed by atoms with Crippen LogP contribution in [0, 0.1) is 6.92 Å². The van der Waals surface area contributed by atoms with Gasteiger partial charge in [0.05, 0.1) is 23.9 Å². The quantitative estimate of drug-likeness (QED) is 0.580. The van der Waals surface area contributed by atoms with Crippen molar-refractivity contribution in [2.45, 2.75) is 30.1 Å². The number of nitrogens with zero attached hydrogens (tertiary/aromatic N) is 2. The van der Waals surface area contributed by atoms with Crippen molar-refractivity contribution in [3.05, 3.63) is 54.8 Å². The van der Waals surface area contributed by atoms with Gasteiger partial charge in [0.25, 0.3) is 0 Å². The van der Waals surface area contributed by atoms with Crippen LogP contribution in [0.3, 0.4) is 0 Å². The highest BCUT2D eigenvalue weighted by molar-refractivity contribution is 8.01. The van der Waals surface area contributed by atoms with Crippen LogP contribution in [-0.4, -0.2) is 34.0 Å². The Labute approximate surface area is 179 Å². The summed E-state index contributed by atoms with van der Waals surface area (Å²) in [6, 6.07) is 6.30. The summed E-state index contributed by atoms with van der Waals surface area (Å²) in [5.41, 5.74) is 7.36. The number of aryl methyl sites for hydroxylation is 1. The Morgan fingerprint density at radius 1 is 1.32 bits per heavy atom. The first-order valence-electron chi connectivity index (χ1n) is 8.79. The Bertz CT molecular complexity index is 993. The molecule has 1 aliphatic rings. The summed E-state index contributed by atoms with van der Waals surface area (Å²) in [7, 11) is 0. The van der Waals surface area contributed by atoms with E-state index >= 15 is 0 Å². The molecule has 146 valence electrons. The van der Waals surface area contributed by atoms with E-state index in [-0.39, 0.29) is 24.3 Å². The monoisotopic (exact) mass is 449 g/mol. The molecule has 3 aromatic heterocycles. The average molecular weight is 450 g/mol. The molecule has 5 nitrogen and oxygen atoms in total. The average Bonchev–Trinajstić information content (AvgIpc) is 3.40. The molecule has 0 bridgehead atoms. The van der Waals surface area contributed by atoms with E-state index in [4.69, 9.17) is 5.73 Å². The van der Waals surface area contributed by atoms with Gasteiger partial charge in [-0.25, -0.2) is 4.98 Å². The van der Waals surface area contributed by atoms with Gasteiger partial charge in [0, 0.05) is 21.2 Å². The van der Waals surface area contributed by atoms with Crippen molar-refractivity contribution in [2.75, 3.05) is 12.3 Å². The zero-order valence-electron chi connectivity index (χ0n) is 15.2. The summed E-state index contributed by atoms with van der Waals surface area (Å²) < 4.78 is 0.808. The van der Waals surface area contributed by atoms with Gasteiger partial charge in [-0.1, -0.05) is 17.8 Å². The number of amides is 2. The van der Waals surface area contributed by atoms with Gasteiger partial charge in [-0.05, 0) is 41.8 Å². The van der Waals surface area contributed by atoms with Crippen LogP contribution < -0.4 is 5.73 Å². The zero-order valence-corrected chi connectivity index (χ0v) is 18.5. The van der Waals surface area contributed by atoms with E-state index in [0.717, 1.165) is 27.9 Å². The second kappa shape index (κ2) is 8.36. The molecule has 4 rings (SSSR count). The van der Waals surface area contributed by atoms with Crippen LogP contribution in [0.4, 0.5) is 0 Å². The van der Waals surface area contributed by atoms with E-state index in [9.17, 15) is 9.59 Å². The zero-order chi connectivity index (χ0) is 19.7. The molecule has 4 heterocycles. The topological polar surface area (TPSA) is 76.3 Å². The second-order valence-corrected chi connectivity index (χ2v) is 10.8. The summed E-state index contributed by atoms with van der Waals surface area (Å²) in [6.07, 6.45) is 1.11. The second-order valence-electron chi connectivity index (χ2n) is 6.47. The third kappa shape index (κ3) is 4.03. The van der Waals surface area contributed by atoms with Crippen molar-refractivity contribution >= 4 is 57.6 Å². The molecule has 0 aromatic carbocycles. The van der Waals surface area contributed by atoms with E-state index in [2.05, 4.69) is 27.9 Å². The molecule has 0 aliphatic carbocycles. The number of carbonyl (C=O) groups excluding carboxylic acids is 2. The molecular formula is C19H19N3O2S4. The predicted octanol–water partition coefficient (Wildman–Crippen LogP) is 3.87. The maximum atomic E-state index is 13.1. The van der Waals surface area contributed by atoms with Crippen molar-refractivity contribution in [2.24, 2.45) is 5.73 Å². The van der Waals surface area contributed by atoms with Gasteiger partial charge in [-0.2, -0.15) is 0 Å². The maximum Gasteiger partial charge on any atom is 0.233 e. The van der Waals surface area contributed by atoms with Gasteiger partial charge in [-0.15, -0.1) is 34.0 Å². The minimum absolute atomic E-state index is 0.00607. The lowest BCUT2D eigenvalue weighted by molar-refractivity contribution is -0.130. The number of primary amides is 1. The van der Waals surface area contributed by atoms with Crippen LogP contribution in [0.2, 0.25) is 0 Å². The molecule has 0 radical (unpaired) electrons. The summed E-state index contributed by atoms with van der Waals surface area (Å²) in [5, 5.41) is 4.18. The fraction of sp³-hybridized carbons (Fsp3) is 0.316. The molecule has 0 saturated carbocycles. The fourth-order valence-corrected chi connectivity index (χ4v) is 7.22. The Morgan fingerprint density at radius 2 is 2.18 bits per heavy atom. The third-order valence-corrected chi connectivity index (χ3v) is 8.83. The third-order valence-electron chi connectivity index (χ3n) is 4.63. The number of nitrogens with two attached hydrogens (primary N) is 1. The van der Waals surface area contributed by atoms with Crippen LogP contribution in [0.15, 0.2) is 33.3 Å². The highest BCUT2D eigenvalue weighted by Gasteiger charge is 2.33. The number of thioether (sulfide) groups is 1. The van der Waals surface area contributed by atoms with Crippen molar-refractivity contribution in [3.63, 3.8) is 0 Å². The van der Waals surface area contributed by atoms with Crippen LogP contribution in [-0.2, 0) is 22.4 Å². The Balaban J connectivity index is 1.49. The summed E-state index contributed by atoms with van der Waals surface area (Å²) >= 11 is 6.35. The lowest BCUT2D eigenvalue weighted by atomic mass is 9.98. The Morgan fingerprint density at radius 3 is 2.93 bits per heavy atom. The lowest BCUT2D eigenvalue weighted by Crippen LogP contribution is -2.40. The van der Waals surface area contributed by atoms with Crippen LogP contribution in [0.1, 0.15) is 31.9 Å². The number of hydrogen-bond acceptors (Lipinski definition) is 7. The molecule has 2 amide bonds. The normalized spacial score (nSPS) is 16.2. The van der Waals surface area contributed by atoms with E-state index in [1.807, 2.05) is 17.9 Å². The Hall–Kier alpha value is -1.68. The molecule has 9 heteroatoms. The van der Waals surface area contributed by atoms with Gasteiger partial charge in [0.2, 0.25) is 11.8 Å². The van der Waals surface area contributed by atoms with Gasteiger partial charge < -0.3 is 10.6 Å². The number of rotatable bonds is 6. The number of carbonyl (C=O) groups is 2.